The summed E-state index contributed by atoms with van der Waals surface area (Å²) in [5.41, 5.74) is 2.64. The fourth-order valence-electron chi connectivity index (χ4n) is 2.30. The number of benzene rings is 1. The molecule has 0 aliphatic heterocycles. The summed E-state index contributed by atoms with van der Waals surface area (Å²) in [7, 11) is 0.844. The van der Waals surface area contributed by atoms with Crippen molar-refractivity contribution in [2.75, 3.05) is 11.2 Å². The summed E-state index contributed by atoms with van der Waals surface area (Å²) in [5.74, 6) is 0. The first-order valence-electron chi connectivity index (χ1n) is 8.61. The van der Waals surface area contributed by atoms with Crippen LogP contribution in [0.5, 0.6) is 0 Å². The van der Waals surface area contributed by atoms with E-state index in [4.69, 9.17) is 0 Å². The van der Waals surface area contributed by atoms with E-state index < -0.39 is 0 Å². The van der Waals surface area contributed by atoms with Crippen LogP contribution in [0.2, 0.25) is 0 Å². The predicted molar refractivity (Wildman–Crippen MR) is 98.6 cm³/mol. The Labute approximate surface area is 133 Å². The quantitative estimate of drug-likeness (QED) is 0.391. The van der Waals surface area contributed by atoms with Gasteiger partial charge >= 0.3 is 0 Å². The highest BCUT2D eigenvalue weighted by Gasteiger charge is 2.04. The Morgan fingerprint density at radius 3 is 2.33 bits per heavy atom. The van der Waals surface area contributed by atoms with Crippen LogP contribution in [-0.2, 0) is 6.54 Å². The Bertz CT molecular complexity index is 351. The molecule has 0 amide bonds. The third kappa shape index (κ3) is 8.44. The van der Waals surface area contributed by atoms with Crippen molar-refractivity contribution in [3.63, 3.8) is 0 Å². The fraction of sp³-hybridized carbons (Fsp3) is 0.667. The fourth-order valence-corrected chi connectivity index (χ4v) is 3.33. The Morgan fingerprint density at radius 1 is 1.00 bits per heavy atom. The summed E-state index contributed by atoms with van der Waals surface area (Å²) < 4.78 is 0. The van der Waals surface area contributed by atoms with Crippen molar-refractivity contribution >= 4 is 14.4 Å². The second-order valence-electron chi connectivity index (χ2n) is 5.73. The van der Waals surface area contributed by atoms with Crippen LogP contribution in [0.4, 0.5) is 5.69 Å². The predicted octanol–water partition coefficient (Wildman–Crippen LogP) is 5.55. The maximum Gasteiger partial charge on any atom is 0.0370 e. The smallest absolute Gasteiger partial charge is 0.0370 e. The van der Waals surface area contributed by atoms with Crippen molar-refractivity contribution in [3.05, 3.63) is 29.8 Å². The number of unbranched alkanes of at least 4 members (excludes halogenated alkanes) is 2. The van der Waals surface area contributed by atoms with Crippen molar-refractivity contribution in [2.24, 2.45) is 0 Å². The Balaban J connectivity index is 2.29. The van der Waals surface area contributed by atoms with Crippen LogP contribution in [0, 0.1) is 0 Å². The van der Waals surface area contributed by atoms with Crippen LogP contribution < -0.4 is 10.4 Å². The van der Waals surface area contributed by atoms with Gasteiger partial charge in [-0.15, -0.1) is 0 Å². The molecule has 0 bridgehead atoms. The first kappa shape index (κ1) is 18.5. The second kappa shape index (κ2) is 12.0. The lowest BCUT2D eigenvalue weighted by Gasteiger charge is -2.16. The molecular formula is C18H33N2P. The zero-order valence-corrected chi connectivity index (χ0v) is 15.0. The minimum Gasteiger partial charge on any atom is -0.367 e. The van der Waals surface area contributed by atoms with Gasteiger partial charge in [0.15, 0.2) is 0 Å². The maximum atomic E-state index is 3.68. The van der Waals surface area contributed by atoms with E-state index in [9.17, 15) is 0 Å². The molecule has 2 N–H and O–H groups in total. The third-order valence-corrected chi connectivity index (χ3v) is 4.90. The summed E-state index contributed by atoms with van der Waals surface area (Å²) in [5, 5.41) is 7.20. The Kier molecular flexibility index (Phi) is 10.6. The van der Waals surface area contributed by atoms with Crippen LogP contribution in [0.15, 0.2) is 24.3 Å². The average Bonchev–Trinajstić information content (AvgIpc) is 2.53. The number of nitrogens with one attached hydrogen (secondary N) is 2. The van der Waals surface area contributed by atoms with Gasteiger partial charge in [0, 0.05) is 18.3 Å². The zero-order chi connectivity index (χ0) is 15.3. The zero-order valence-electron chi connectivity index (χ0n) is 14.0. The number of hydrogen-bond donors (Lipinski definition) is 2. The maximum absolute atomic E-state index is 3.68. The Hall–Kier alpha value is -0.590. The molecule has 0 aliphatic rings. The molecule has 1 rings (SSSR count). The van der Waals surface area contributed by atoms with Gasteiger partial charge in [-0.2, -0.15) is 0 Å². The summed E-state index contributed by atoms with van der Waals surface area (Å²) in [6.45, 7) is 7.77. The van der Waals surface area contributed by atoms with Gasteiger partial charge in [0.2, 0.25) is 0 Å². The van der Waals surface area contributed by atoms with Gasteiger partial charge in [0.1, 0.15) is 0 Å². The molecule has 2 nitrogen and oxygen atoms in total. The summed E-state index contributed by atoms with van der Waals surface area (Å²) >= 11 is 0. The molecule has 0 heterocycles. The number of rotatable bonds is 12. The topological polar surface area (TPSA) is 24.1 Å². The van der Waals surface area contributed by atoms with Crippen molar-refractivity contribution in [1.82, 2.24) is 5.32 Å². The Morgan fingerprint density at radius 2 is 1.71 bits per heavy atom. The molecule has 120 valence electrons. The lowest BCUT2D eigenvalue weighted by Crippen LogP contribution is -2.27. The van der Waals surface area contributed by atoms with Crippen molar-refractivity contribution < 1.29 is 0 Å². The molecule has 0 spiro atoms. The molecule has 0 aliphatic carbocycles. The number of anilines is 1. The van der Waals surface area contributed by atoms with Crippen molar-refractivity contribution in [3.8, 4) is 0 Å². The van der Waals surface area contributed by atoms with E-state index in [1.807, 2.05) is 0 Å². The third-order valence-electron chi connectivity index (χ3n) is 3.84. The monoisotopic (exact) mass is 308 g/mol. The summed E-state index contributed by atoms with van der Waals surface area (Å²) in [6.07, 6.45) is 9.03. The van der Waals surface area contributed by atoms with Crippen LogP contribution >= 0.6 is 8.73 Å². The van der Waals surface area contributed by atoms with E-state index in [2.05, 4.69) is 55.4 Å². The minimum absolute atomic E-state index is 0.665. The molecule has 0 radical (unpaired) electrons. The van der Waals surface area contributed by atoms with Gasteiger partial charge < -0.3 is 10.4 Å². The molecular weight excluding hydrogens is 275 g/mol. The summed E-state index contributed by atoms with van der Waals surface area (Å²) in [4.78, 5) is 0. The largest absolute Gasteiger partial charge is 0.367 e. The van der Waals surface area contributed by atoms with Gasteiger partial charge in [-0.3, -0.25) is 0 Å². The van der Waals surface area contributed by atoms with E-state index in [0.29, 0.717) is 6.04 Å². The molecule has 1 aromatic rings. The first-order valence-corrected chi connectivity index (χ1v) is 9.82. The number of hydrogen-bond acceptors (Lipinski definition) is 2. The van der Waals surface area contributed by atoms with Crippen molar-refractivity contribution in [2.45, 2.75) is 71.9 Å². The van der Waals surface area contributed by atoms with Crippen molar-refractivity contribution in [1.29, 1.82) is 0 Å². The molecule has 0 aromatic heterocycles. The van der Waals surface area contributed by atoms with Gasteiger partial charge in [0.05, 0.1) is 0 Å². The standard InChI is InChI=1S/C18H33N2P/c1-4-7-9-17(6-3)19-15-16-10-12-18(13-11-16)20-21-14-8-5-2/h10-13,17,19-21H,4-9,14-15H2,1-3H3. The van der Waals surface area contributed by atoms with E-state index in [1.165, 1.54) is 55.9 Å². The van der Waals surface area contributed by atoms with Gasteiger partial charge in [0.25, 0.3) is 0 Å². The SMILES string of the molecule is CCCCPNc1ccc(CNC(CC)CCCC)cc1. The van der Waals surface area contributed by atoms with Gasteiger partial charge in [-0.25, -0.2) is 0 Å². The highest BCUT2D eigenvalue weighted by atomic mass is 31.1. The normalized spacial score (nSPS) is 12.9. The van der Waals surface area contributed by atoms with E-state index in [1.54, 1.807) is 0 Å². The van der Waals surface area contributed by atoms with Crippen LogP contribution in [-0.4, -0.2) is 12.2 Å². The highest BCUT2D eigenvalue weighted by Crippen LogP contribution is 2.19. The summed E-state index contributed by atoms with van der Waals surface area (Å²) in [6, 6.07) is 9.57. The lowest BCUT2D eigenvalue weighted by molar-refractivity contribution is 0.452. The lowest BCUT2D eigenvalue weighted by atomic mass is 10.1. The minimum atomic E-state index is 0.665. The molecule has 1 aromatic carbocycles. The second-order valence-corrected chi connectivity index (χ2v) is 6.83. The molecule has 2 unspecified atom stereocenters. The average molecular weight is 308 g/mol. The molecule has 3 heteroatoms. The van der Waals surface area contributed by atoms with E-state index in [0.717, 1.165) is 15.3 Å². The molecule has 2 atom stereocenters. The molecule has 0 fully saturated rings. The highest BCUT2D eigenvalue weighted by molar-refractivity contribution is 7.39. The molecule has 0 saturated heterocycles. The van der Waals surface area contributed by atoms with Crippen LogP contribution in [0.3, 0.4) is 0 Å². The van der Waals surface area contributed by atoms with Gasteiger partial charge in [-0.05, 0) is 51.9 Å². The molecule has 21 heavy (non-hydrogen) atoms. The molecule has 0 saturated carbocycles. The van der Waals surface area contributed by atoms with Crippen LogP contribution in [0.25, 0.3) is 0 Å². The van der Waals surface area contributed by atoms with E-state index >= 15 is 0 Å². The van der Waals surface area contributed by atoms with Gasteiger partial charge in [-0.1, -0.05) is 52.2 Å². The van der Waals surface area contributed by atoms with Crippen LogP contribution in [0.1, 0.15) is 64.9 Å². The van der Waals surface area contributed by atoms with E-state index in [-0.39, 0.29) is 0 Å². The first-order chi connectivity index (χ1) is 10.3.